The third-order valence-corrected chi connectivity index (χ3v) is 4.40. The molecule has 0 saturated heterocycles. The molecule has 30 heavy (non-hydrogen) atoms. The number of nitrogens with zero attached hydrogens (tertiary/aromatic N) is 2. The Labute approximate surface area is 174 Å². The standard InChI is InChI=1S/C24H20N2O4/c1-17-6-5-9-20(14-17)23-26-25-22(30-23)16-29-24(27)19-10-12-21(13-11-19)28-15-18-7-3-2-4-8-18/h2-14H,15-16H2,1H3. The van der Waals surface area contributed by atoms with Gasteiger partial charge in [0.2, 0.25) is 5.89 Å². The minimum atomic E-state index is -0.472. The monoisotopic (exact) mass is 400 g/mol. The third kappa shape index (κ3) is 4.91. The first-order chi connectivity index (χ1) is 14.7. The van der Waals surface area contributed by atoms with Gasteiger partial charge in [0.05, 0.1) is 5.56 Å². The lowest BCUT2D eigenvalue weighted by Gasteiger charge is -2.07. The lowest BCUT2D eigenvalue weighted by molar-refractivity contribution is 0.0438. The van der Waals surface area contributed by atoms with E-state index in [0.29, 0.717) is 23.8 Å². The Hall–Kier alpha value is -3.93. The number of ether oxygens (including phenoxy) is 2. The summed E-state index contributed by atoms with van der Waals surface area (Å²) in [4.78, 5) is 12.3. The van der Waals surface area contributed by atoms with Gasteiger partial charge < -0.3 is 13.9 Å². The van der Waals surface area contributed by atoms with Gasteiger partial charge in [-0.25, -0.2) is 4.79 Å². The number of aryl methyl sites for hydroxylation is 1. The van der Waals surface area contributed by atoms with Gasteiger partial charge in [-0.2, -0.15) is 0 Å². The van der Waals surface area contributed by atoms with Crippen LogP contribution in [0.5, 0.6) is 5.75 Å². The fourth-order valence-corrected chi connectivity index (χ4v) is 2.85. The quantitative estimate of drug-likeness (QED) is 0.407. The van der Waals surface area contributed by atoms with Gasteiger partial charge >= 0.3 is 5.97 Å². The molecular formula is C24H20N2O4. The van der Waals surface area contributed by atoms with Crippen LogP contribution in [0, 0.1) is 6.92 Å². The molecule has 0 N–H and O–H groups in total. The van der Waals surface area contributed by atoms with Crippen molar-refractivity contribution in [2.75, 3.05) is 0 Å². The molecule has 0 bridgehead atoms. The van der Waals surface area contributed by atoms with Crippen LogP contribution in [0.15, 0.2) is 83.3 Å². The van der Waals surface area contributed by atoms with Crippen molar-refractivity contribution < 1.29 is 18.7 Å². The molecule has 0 unspecified atom stereocenters. The Morgan fingerprint density at radius 1 is 0.900 bits per heavy atom. The Balaban J connectivity index is 1.31. The molecule has 4 rings (SSSR count). The summed E-state index contributed by atoms with van der Waals surface area (Å²) < 4.78 is 16.6. The first-order valence-electron chi connectivity index (χ1n) is 9.51. The van der Waals surface area contributed by atoms with Crippen LogP contribution in [0.25, 0.3) is 11.5 Å². The molecule has 3 aromatic carbocycles. The summed E-state index contributed by atoms with van der Waals surface area (Å²) in [6.45, 7) is 2.36. The highest BCUT2D eigenvalue weighted by Crippen LogP contribution is 2.20. The van der Waals surface area contributed by atoms with Crippen LogP contribution in [0.1, 0.15) is 27.4 Å². The molecule has 150 valence electrons. The summed E-state index contributed by atoms with van der Waals surface area (Å²) in [6.07, 6.45) is 0. The van der Waals surface area contributed by atoms with Crippen LogP contribution in [-0.2, 0) is 18.0 Å². The summed E-state index contributed by atoms with van der Waals surface area (Å²) in [5, 5.41) is 7.95. The summed E-state index contributed by atoms with van der Waals surface area (Å²) >= 11 is 0. The number of carbonyl (C=O) groups excluding carboxylic acids is 1. The molecular weight excluding hydrogens is 380 g/mol. The number of rotatable bonds is 7. The van der Waals surface area contributed by atoms with Crippen LogP contribution >= 0.6 is 0 Å². The molecule has 6 heteroatoms. The minimum Gasteiger partial charge on any atom is -0.489 e. The molecule has 0 fully saturated rings. The summed E-state index contributed by atoms with van der Waals surface area (Å²) in [5.74, 6) is 0.836. The molecule has 4 aromatic rings. The van der Waals surface area contributed by atoms with Gasteiger partial charge in [-0.05, 0) is 48.9 Å². The molecule has 0 atom stereocenters. The van der Waals surface area contributed by atoms with Gasteiger partial charge in [-0.3, -0.25) is 0 Å². The predicted molar refractivity (Wildman–Crippen MR) is 111 cm³/mol. The maximum atomic E-state index is 12.3. The molecule has 0 amide bonds. The summed E-state index contributed by atoms with van der Waals surface area (Å²) in [6, 6.07) is 24.4. The maximum absolute atomic E-state index is 12.3. The zero-order valence-electron chi connectivity index (χ0n) is 16.4. The van der Waals surface area contributed by atoms with Crippen LogP contribution in [0.3, 0.4) is 0 Å². The van der Waals surface area contributed by atoms with Gasteiger partial charge in [-0.1, -0.05) is 48.0 Å². The zero-order chi connectivity index (χ0) is 20.8. The molecule has 0 radical (unpaired) electrons. The first kappa shape index (κ1) is 19.4. The van der Waals surface area contributed by atoms with Crippen molar-refractivity contribution in [1.29, 1.82) is 0 Å². The zero-order valence-corrected chi connectivity index (χ0v) is 16.4. The summed E-state index contributed by atoms with van der Waals surface area (Å²) in [7, 11) is 0. The second-order valence-corrected chi connectivity index (χ2v) is 6.75. The normalized spacial score (nSPS) is 10.6. The number of esters is 1. The highest BCUT2D eigenvalue weighted by Gasteiger charge is 2.13. The molecule has 0 saturated carbocycles. The van der Waals surface area contributed by atoms with Crippen molar-refractivity contribution in [3.05, 3.63) is 101 Å². The largest absolute Gasteiger partial charge is 0.489 e. The van der Waals surface area contributed by atoms with E-state index >= 15 is 0 Å². The van der Waals surface area contributed by atoms with E-state index in [2.05, 4.69) is 10.2 Å². The van der Waals surface area contributed by atoms with Crippen LogP contribution in [0.4, 0.5) is 0 Å². The molecule has 0 aliphatic heterocycles. The molecule has 6 nitrogen and oxygen atoms in total. The van der Waals surface area contributed by atoms with Crippen molar-refractivity contribution in [1.82, 2.24) is 10.2 Å². The Morgan fingerprint density at radius 3 is 2.47 bits per heavy atom. The Kier molecular flexibility index (Phi) is 5.85. The predicted octanol–water partition coefficient (Wildman–Crippen LogP) is 4.98. The van der Waals surface area contributed by atoms with Crippen molar-refractivity contribution in [3.8, 4) is 17.2 Å². The highest BCUT2D eigenvalue weighted by molar-refractivity contribution is 5.89. The van der Waals surface area contributed by atoms with Crippen LogP contribution in [-0.4, -0.2) is 16.2 Å². The Bertz CT molecular complexity index is 1120. The van der Waals surface area contributed by atoms with Gasteiger partial charge in [0.1, 0.15) is 12.4 Å². The maximum Gasteiger partial charge on any atom is 0.338 e. The number of hydrogen-bond acceptors (Lipinski definition) is 6. The average Bonchev–Trinajstić information content (AvgIpc) is 3.26. The second kappa shape index (κ2) is 9.05. The van der Waals surface area contributed by atoms with Crippen LogP contribution < -0.4 is 4.74 Å². The fraction of sp³-hybridized carbons (Fsp3) is 0.125. The number of benzene rings is 3. The van der Waals surface area contributed by atoms with E-state index in [1.165, 1.54) is 0 Å². The van der Waals surface area contributed by atoms with E-state index in [4.69, 9.17) is 13.9 Å². The second-order valence-electron chi connectivity index (χ2n) is 6.75. The van der Waals surface area contributed by atoms with Crippen molar-refractivity contribution in [3.63, 3.8) is 0 Å². The lowest BCUT2D eigenvalue weighted by atomic mass is 10.1. The van der Waals surface area contributed by atoms with E-state index in [9.17, 15) is 4.79 Å². The van der Waals surface area contributed by atoms with Gasteiger partial charge in [-0.15, -0.1) is 10.2 Å². The third-order valence-electron chi connectivity index (χ3n) is 4.40. The molecule has 1 heterocycles. The SMILES string of the molecule is Cc1cccc(-c2nnc(COC(=O)c3ccc(OCc4ccccc4)cc3)o2)c1. The van der Waals surface area contributed by atoms with E-state index in [1.807, 2.05) is 61.5 Å². The van der Waals surface area contributed by atoms with Crippen LogP contribution in [0.2, 0.25) is 0 Å². The number of hydrogen-bond donors (Lipinski definition) is 0. The van der Waals surface area contributed by atoms with E-state index in [0.717, 1.165) is 16.7 Å². The lowest BCUT2D eigenvalue weighted by Crippen LogP contribution is -2.05. The highest BCUT2D eigenvalue weighted by atomic mass is 16.5. The van der Waals surface area contributed by atoms with E-state index in [-0.39, 0.29) is 12.5 Å². The van der Waals surface area contributed by atoms with Crippen molar-refractivity contribution in [2.45, 2.75) is 20.1 Å². The van der Waals surface area contributed by atoms with E-state index < -0.39 is 5.97 Å². The fourth-order valence-electron chi connectivity index (χ4n) is 2.85. The van der Waals surface area contributed by atoms with E-state index in [1.54, 1.807) is 24.3 Å². The van der Waals surface area contributed by atoms with Gasteiger partial charge in [0.25, 0.3) is 5.89 Å². The number of aromatic nitrogens is 2. The minimum absolute atomic E-state index is 0.0933. The Morgan fingerprint density at radius 2 is 1.70 bits per heavy atom. The van der Waals surface area contributed by atoms with Gasteiger partial charge in [0, 0.05) is 5.56 Å². The number of carbonyl (C=O) groups is 1. The van der Waals surface area contributed by atoms with Gasteiger partial charge in [0.15, 0.2) is 6.61 Å². The van der Waals surface area contributed by atoms with Crippen molar-refractivity contribution >= 4 is 5.97 Å². The smallest absolute Gasteiger partial charge is 0.338 e. The first-order valence-corrected chi connectivity index (χ1v) is 9.51. The molecule has 0 aliphatic carbocycles. The molecule has 0 aliphatic rings. The molecule has 0 spiro atoms. The van der Waals surface area contributed by atoms with Crippen molar-refractivity contribution in [2.24, 2.45) is 0 Å². The molecule has 1 aromatic heterocycles. The average molecular weight is 400 g/mol. The topological polar surface area (TPSA) is 74.5 Å². The summed E-state index contributed by atoms with van der Waals surface area (Å²) in [5.41, 5.74) is 3.41.